The van der Waals surface area contributed by atoms with E-state index in [-0.39, 0.29) is 0 Å². The lowest BCUT2D eigenvalue weighted by Gasteiger charge is -2.15. The Morgan fingerprint density at radius 1 is 1.22 bits per heavy atom. The first-order chi connectivity index (χ1) is 11.0. The molecule has 0 spiro atoms. The van der Waals surface area contributed by atoms with Crippen molar-refractivity contribution in [1.82, 2.24) is 5.32 Å². The highest BCUT2D eigenvalue weighted by molar-refractivity contribution is 5.97. The molecule has 0 bridgehead atoms. The Kier molecular flexibility index (Phi) is 7.94. The van der Waals surface area contributed by atoms with E-state index in [0.717, 1.165) is 37.8 Å². The Bertz CT molecular complexity index is 562. The van der Waals surface area contributed by atoms with Crippen molar-refractivity contribution < 1.29 is 18.4 Å². The number of allylic oxidation sites excluding steroid dienone is 1. The maximum Gasteiger partial charge on any atom is 0.255 e. The molecule has 1 aromatic rings. The van der Waals surface area contributed by atoms with Crippen LogP contribution in [0.2, 0.25) is 0 Å². The molecule has 0 heterocycles. The minimum Gasteiger partial charge on any atom is -0.368 e. The second-order valence-corrected chi connectivity index (χ2v) is 5.31. The first-order valence-electron chi connectivity index (χ1n) is 7.62. The maximum atomic E-state index is 13.6. The second-order valence-electron chi connectivity index (χ2n) is 5.31. The van der Waals surface area contributed by atoms with Crippen molar-refractivity contribution in [3.63, 3.8) is 0 Å². The van der Waals surface area contributed by atoms with Crippen LogP contribution in [0.5, 0.6) is 0 Å². The summed E-state index contributed by atoms with van der Waals surface area (Å²) in [5, 5.41) is 2.37. The van der Waals surface area contributed by atoms with Gasteiger partial charge >= 0.3 is 0 Å². The first kappa shape index (κ1) is 18.8. The number of rotatable bonds is 10. The molecule has 1 atom stereocenters. The molecule has 1 aromatic carbocycles. The van der Waals surface area contributed by atoms with E-state index in [4.69, 9.17) is 5.73 Å². The summed E-state index contributed by atoms with van der Waals surface area (Å²) in [4.78, 5) is 23.4. The lowest BCUT2D eigenvalue weighted by Crippen LogP contribution is -2.44. The van der Waals surface area contributed by atoms with E-state index in [0.29, 0.717) is 12.8 Å². The van der Waals surface area contributed by atoms with Crippen molar-refractivity contribution in [2.45, 2.75) is 44.6 Å². The van der Waals surface area contributed by atoms with Gasteiger partial charge in [-0.3, -0.25) is 9.59 Å². The summed E-state index contributed by atoms with van der Waals surface area (Å²) < 4.78 is 26.7. The van der Waals surface area contributed by atoms with Crippen LogP contribution < -0.4 is 11.1 Å². The molecule has 126 valence electrons. The van der Waals surface area contributed by atoms with Gasteiger partial charge in [0.15, 0.2) is 11.6 Å². The lowest BCUT2D eigenvalue weighted by atomic mass is 10.0. The van der Waals surface area contributed by atoms with E-state index in [1.54, 1.807) is 0 Å². The summed E-state index contributed by atoms with van der Waals surface area (Å²) in [6.07, 6.45) is 6.76. The number of hydrogen-bond acceptors (Lipinski definition) is 2. The van der Waals surface area contributed by atoms with Crippen LogP contribution in [0.25, 0.3) is 0 Å². The monoisotopic (exact) mass is 324 g/mol. The van der Waals surface area contributed by atoms with Gasteiger partial charge in [-0.25, -0.2) is 8.78 Å². The molecule has 1 rings (SSSR count). The summed E-state index contributed by atoms with van der Waals surface area (Å²) in [6.45, 7) is 3.64. The number of halogens is 2. The molecular weight excluding hydrogens is 302 g/mol. The Morgan fingerprint density at radius 3 is 2.57 bits per heavy atom. The molecule has 0 aliphatic carbocycles. The third-order valence-corrected chi connectivity index (χ3v) is 3.50. The van der Waals surface area contributed by atoms with Gasteiger partial charge in [0, 0.05) is 0 Å². The number of primary amides is 1. The molecule has 0 radical (unpaired) electrons. The van der Waals surface area contributed by atoms with E-state index >= 15 is 0 Å². The fourth-order valence-electron chi connectivity index (χ4n) is 2.19. The molecule has 0 saturated carbocycles. The average Bonchev–Trinajstić information content (AvgIpc) is 2.51. The molecule has 0 saturated heterocycles. The van der Waals surface area contributed by atoms with Crippen molar-refractivity contribution >= 4 is 11.8 Å². The Labute approximate surface area is 134 Å². The minimum atomic E-state index is -1.24. The van der Waals surface area contributed by atoms with Crippen LogP contribution in [-0.4, -0.2) is 17.9 Å². The number of benzene rings is 1. The van der Waals surface area contributed by atoms with E-state index in [2.05, 4.69) is 11.9 Å². The number of nitrogens with one attached hydrogen (secondary N) is 1. The third kappa shape index (κ3) is 6.18. The molecule has 23 heavy (non-hydrogen) atoms. The number of hydrogen-bond donors (Lipinski definition) is 2. The molecule has 0 aromatic heterocycles. The highest BCUT2D eigenvalue weighted by Crippen LogP contribution is 2.13. The number of amides is 2. The summed E-state index contributed by atoms with van der Waals surface area (Å²) in [6, 6.07) is 2.40. The quantitative estimate of drug-likeness (QED) is 0.513. The molecule has 0 aliphatic heterocycles. The van der Waals surface area contributed by atoms with Gasteiger partial charge in [-0.1, -0.05) is 31.4 Å². The Morgan fingerprint density at radius 2 is 1.91 bits per heavy atom. The zero-order valence-corrected chi connectivity index (χ0v) is 13.0. The summed E-state index contributed by atoms with van der Waals surface area (Å²) in [5.74, 6) is -3.90. The Balaban J connectivity index is 2.55. The summed E-state index contributed by atoms with van der Waals surface area (Å²) >= 11 is 0. The summed E-state index contributed by atoms with van der Waals surface area (Å²) in [5.41, 5.74) is 4.82. The average molecular weight is 324 g/mol. The number of nitrogens with two attached hydrogens (primary N) is 1. The van der Waals surface area contributed by atoms with Crippen LogP contribution in [-0.2, 0) is 4.79 Å². The fraction of sp³-hybridized carbons (Fsp3) is 0.412. The number of carbonyl (C=O) groups is 2. The van der Waals surface area contributed by atoms with Gasteiger partial charge in [-0.05, 0) is 31.4 Å². The second kappa shape index (κ2) is 9.71. The van der Waals surface area contributed by atoms with E-state index in [1.807, 2.05) is 6.08 Å². The predicted octanol–water partition coefficient (Wildman–Crippen LogP) is 3.08. The summed E-state index contributed by atoms with van der Waals surface area (Å²) in [7, 11) is 0. The van der Waals surface area contributed by atoms with Crippen LogP contribution in [0, 0.1) is 11.6 Å². The molecule has 0 unspecified atom stereocenters. The van der Waals surface area contributed by atoms with Crippen LogP contribution in [0.3, 0.4) is 0 Å². The minimum absolute atomic E-state index is 0.367. The zero-order chi connectivity index (χ0) is 17.2. The van der Waals surface area contributed by atoms with Crippen molar-refractivity contribution in [3.8, 4) is 0 Å². The van der Waals surface area contributed by atoms with Crippen LogP contribution in [0.4, 0.5) is 8.78 Å². The SMILES string of the molecule is C=CCCCCCC[C@H](NC(=O)c1cccc(F)c1F)C(N)=O. The van der Waals surface area contributed by atoms with Gasteiger partial charge in [-0.15, -0.1) is 6.58 Å². The van der Waals surface area contributed by atoms with E-state index < -0.39 is 35.1 Å². The topological polar surface area (TPSA) is 72.2 Å². The van der Waals surface area contributed by atoms with Crippen molar-refractivity contribution in [1.29, 1.82) is 0 Å². The zero-order valence-electron chi connectivity index (χ0n) is 13.0. The normalized spacial score (nSPS) is 11.7. The highest BCUT2D eigenvalue weighted by atomic mass is 19.2. The molecule has 0 aliphatic rings. The van der Waals surface area contributed by atoms with Gasteiger partial charge in [0.2, 0.25) is 5.91 Å². The van der Waals surface area contributed by atoms with Crippen molar-refractivity contribution in [2.24, 2.45) is 5.73 Å². The first-order valence-corrected chi connectivity index (χ1v) is 7.62. The van der Waals surface area contributed by atoms with Gasteiger partial charge in [0.05, 0.1) is 5.56 Å². The van der Waals surface area contributed by atoms with E-state index in [9.17, 15) is 18.4 Å². The third-order valence-electron chi connectivity index (χ3n) is 3.50. The van der Waals surface area contributed by atoms with E-state index in [1.165, 1.54) is 6.07 Å². The molecule has 2 amide bonds. The predicted molar refractivity (Wildman–Crippen MR) is 84.7 cm³/mol. The van der Waals surface area contributed by atoms with Gasteiger partial charge in [0.25, 0.3) is 5.91 Å². The largest absolute Gasteiger partial charge is 0.368 e. The van der Waals surface area contributed by atoms with Gasteiger partial charge < -0.3 is 11.1 Å². The lowest BCUT2D eigenvalue weighted by molar-refractivity contribution is -0.120. The van der Waals surface area contributed by atoms with Crippen molar-refractivity contribution in [2.75, 3.05) is 0 Å². The molecule has 6 heteroatoms. The van der Waals surface area contributed by atoms with Crippen molar-refractivity contribution in [3.05, 3.63) is 48.1 Å². The van der Waals surface area contributed by atoms with Crippen LogP contribution >= 0.6 is 0 Å². The number of carbonyl (C=O) groups excluding carboxylic acids is 2. The van der Waals surface area contributed by atoms with Crippen LogP contribution in [0.1, 0.15) is 48.9 Å². The van der Waals surface area contributed by atoms with Crippen LogP contribution in [0.15, 0.2) is 30.9 Å². The molecule has 4 nitrogen and oxygen atoms in total. The molecule has 3 N–H and O–H groups in total. The van der Waals surface area contributed by atoms with Gasteiger partial charge in [0.1, 0.15) is 6.04 Å². The highest BCUT2D eigenvalue weighted by Gasteiger charge is 2.21. The Hall–Kier alpha value is -2.24. The maximum absolute atomic E-state index is 13.6. The molecular formula is C17H22F2N2O2. The molecule has 0 fully saturated rings. The number of unbranched alkanes of at least 4 members (excludes halogenated alkanes) is 4. The smallest absolute Gasteiger partial charge is 0.255 e. The standard InChI is InChI=1S/C17H22F2N2O2/c1-2-3-4-5-6-7-11-14(16(20)22)21-17(23)12-9-8-10-13(18)15(12)19/h2,8-10,14H,1,3-7,11H2,(H2,20,22)(H,21,23)/t14-/m0/s1. The fourth-order valence-corrected chi connectivity index (χ4v) is 2.19. The van der Waals surface area contributed by atoms with Gasteiger partial charge in [-0.2, -0.15) is 0 Å².